The first-order valence-electron chi connectivity index (χ1n) is 9.71. The summed E-state index contributed by atoms with van der Waals surface area (Å²) >= 11 is 6.04. The molecule has 29 heavy (non-hydrogen) atoms. The highest BCUT2D eigenvalue weighted by Crippen LogP contribution is 2.21. The predicted octanol–water partition coefficient (Wildman–Crippen LogP) is 4.28. The van der Waals surface area contributed by atoms with Crippen LogP contribution in [0.2, 0.25) is 5.02 Å². The fraction of sp³-hybridized carbons (Fsp3) is 0.391. The van der Waals surface area contributed by atoms with Gasteiger partial charge in [0, 0.05) is 17.6 Å². The Morgan fingerprint density at radius 2 is 1.83 bits per heavy atom. The van der Waals surface area contributed by atoms with Gasteiger partial charge in [-0.2, -0.15) is 0 Å². The highest BCUT2D eigenvalue weighted by atomic mass is 35.5. The van der Waals surface area contributed by atoms with Crippen molar-refractivity contribution in [1.29, 1.82) is 0 Å². The molecule has 1 N–H and O–H groups in total. The maximum Gasteiger partial charge on any atom is 0.261 e. The zero-order valence-electron chi connectivity index (χ0n) is 17.7. The van der Waals surface area contributed by atoms with E-state index in [1.807, 2.05) is 52.0 Å². The predicted molar refractivity (Wildman–Crippen MR) is 116 cm³/mol. The topological polar surface area (TPSA) is 58.6 Å². The van der Waals surface area contributed by atoms with Crippen LogP contribution >= 0.6 is 11.6 Å². The molecule has 0 aliphatic heterocycles. The van der Waals surface area contributed by atoms with Crippen LogP contribution in [0.4, 0.5) is 0 Å². The summed E-state index contributed by atoms with van der Waals surface area (Å²) in [5.41, 5.74) is 2.94. The van der Waals surface area contributed by atoms with E-state index in [1.165, 1.54) is 0 Å². The molecular formula is C23H29ClN2O3. The summed E-state index contributed by atoms with van der Waals surface area (Å²) in [7, 11) is 0. The second kappa shape index (κ2) is 10.3. The van der Waals surface area contributed by atoms with Crippen molar-refractivity contribution in [1.82, 2.24) is 10.2 Å². The number of halogens is 1. The first kappa shape index (κ1) is 22.8. The number of carbonyl (C=O) groups excluding carboxylic acids is 2. The minimum Gasteiger partial charge on any atom is -0.484 e. The van der Waals surface area contributed by atoms with Crippen LogP contribution < -0.4 is 10.1 Å². The molecule has 0 bridgehead atoms. The van der Waals surface area contributed by atoms with E-state index in [0.717, 1.165) is 16.7 Å². The molecule has 2 rings (SSSR count). The number of hydrogen-bond donors (Lipinski definition) is 1. The number of carbonyl (C=O) groups is 2. The Bertz CT molecular complexity index is 867. The summed E-state index contributed by atoms with van der Waals surface area (Å²) in [5.74, 6) is 0.115. The average Bonchev–Trinajstić information content (AvgIpc) is 2.65. The maximum atomic E-state index is 13.0. The second-order valence-electron chi connectivity index (χ2n) is 7.55. The quantitative estimate of drug-likeness (QED) is 0.698. The molecule has 1 unspecified atom stereocenters. The van der Waals surface area contributed by atoms with Crippen molar-refractivity contribution in [2.45, 2.75) is 53.2 Å². The first-order chi connectivity index (χ1) is 13.7. The van der Waals surface area contributed by atoms with Crippen LogP contribution in [0.15, 0.2) is 42.5 Å². The molecule has 0 aliphatic carbocycles. The second-order valence-corrected chi connectivity index (χ2v) is 7.96. The SMILES string of the molecule is Cc1cccc(CN(C(=O)COc2ccc(Cl)c(C)c2)C(C)C(=O)NC(C)C)c1. The lowest BCUT2D eigenvalue weighted by Crippen LogP contribution is -2.50. The normalized spacial score (nSPS) is 11.8. The largest absolute Gasteiger partial charge is 0.484 e. The number of benzene rings is 2. The zero-order valence-corrected chi connectivity index (χ0v) is 18.4. The lowest BCUT2D eigenvalue weighted by atomic mass is 10.1. The number of amides is 2. The minimum atomic E-state index is -0.624. The highest BCUT2D eigenvalue weighted by Gasteiger charge is 2.27. The van der Waals surface area contributed by atoms with Gasteiger partial charge in [0.25, 0.3) is 5.91 Å². The van der Waals surface area contributed by atoms with E-state index < -0.39 is 6.04 Å². The van der Waals surface area contributed by atoms with Crippen LogP contribution in [0.5, 0.6) is 5.75 Å². The summed E-state index contributed by atoms with van der Waals surface area (Å²) in [4.78, 5) is 27.1. The Balaban J connectivity index is 2.16. The molecule has 0 saturated heterocycles. The van der Waals surface area contributed by atoms with Crippen molar-refractivity contribution < 1.29 is 14.3 Å². The summed E-state index contributed by atoms with van der Waals surface area (Å²) in [6, 6.07) is 12.5. The molecule has 0 heterocycles. The van der Waals surface area contributed by atoms with Gasteiger partial charge in [-0.15, -0.1) is 0 Å². The van der Waals surface area contributed by atoms with Crippen molar-refractivity contribution >= 4 is 23.4 Å². The third kappa shape index (κ3) is 6.79. The number of ether oxygens (including phenoxy) is 1. The van der Waals surface area contributed by atoms with Gasteiger partial charge in [0.05, 0.1) is 0 Å². The number of aryl methyl sites for hydroxylation is 2. The van der Waals surface area contributed by atoms with E-state index in [-0.39, 0.29) is 24.5 Å². The van der Waals surface area contributed by atoms with Gasteiger partial charge in [-0.25, -0.2) is 0 Å². The maximum absolute atomic E-state index is 13.0. The summed E-state index contributed by atoms with van der Waals surface area (Å²) in [5, 5.41) is 3.52. The molecule has 5 nitrogen and oxygen atoms in total. The molecule has 2 amide bonds. The van der Waals surface area contributed by atoms with E-state index in [1.54, 1.807) is 30.0 Å². The van der Waals surface area contributed by atoms with Crippen LogP contribution in [0, 0.1) is 13.8 Å². The third-order valence-corrected chi connectivity index (χ3v) is 4.95. The number of nitrogens with one attached hydrogen (secondary N) is 1. The van der Waals surface area contributed by atoms with Crippen LogP contribution in [-0.2, 0) is 16.1 Å². The van der Waals surface area contributed by atoms with Crippen molar-refractivity contribution in [3.63, 3.8) is 0 Å². The molecule has 0 radical (unpaired) electrons. The van der Waals surface area contributed by atoms with E-state index in [0.29, 0.717) is 17.3 Å². The van der Waals surface area contributed by atoms with Crippen molar-refractivity contribution in [3.05, 3.63) is 64.2 Å². The molecule has 1 atom stereocenters. The molecule has 0 spiro atoms. The smallest absolute Gasteiger partial charge is 0.261 e. The summed E-state index contributed by atoms with van der Waals surface area (Å²) < 4.78 is 5.68. The highest BCUT2D eigenvalue weighted by molar-refractivity contribution is 6.31. The molecule has 0 fully saturated rings. The van der Waals surface area contributed by atoms with Crippen LogP contribution in [-0.4, -0.2) is 35.4 Å². The van der Waals surface area contributed by atoms with Crippen molar-refractivity contribution in [2.24, 2.45) is 0 Å². The van der Waals surface area contributed by atoms with Crippen LogP contribution in [0.3, 0.4) is 0 Å². The zero-order chi connectivity index (χ0) is 21.6. The molecule has 6 heteroatoms. The molecule has 2 aromatic rings. The average molecular weight is 417 g/mol. The lowest BCUT2D eigenvalue weighted by Gasteiger charge is -2.29. The van der Waals surface area contributed by atoms with E-state index in [9.17, 15) is 9.59 Å². The molecule has 0 aliphatic rings. The fourth-order valence-corrected chi connectivity index (χ4v) is 3.05. The van der Waals surface area contributed by atoms with Gasteiger partial charge >= 0.3 is 0 Å². The number of rotatable bonds is 8. The molecule has 2 aromatic carbocycles. The van der Waals surface area contributed by atoms with Gasteiger partial charge in [-0.1, -0.05) is 41.4 Å². The molecule has 0 aromatic heterocycles. The van der Waals surface area contributed by atoms with Crippen molar-refractivity contribution in [2.75, 3.05) is 6.61 Å². The number of nitrogens with zero attached hydrogens (tertiary/aromatic N) is 1. The van der Waals surface area contributed by atoms with Gasteiger partial charge in [-0.3, -0.25) is 9.59 Å². The minimum absolute atomic E-state index is 0.00540. The van der Waals surface area contributed by atoms with Gasteiger partial charge in [0.1, 0.15) is 11.8 Å². The first-order valence-corrected chi connectivity index (χ1v) is 10.1. The standard InChI is InChI=1S/C23H29ClN2O3/c1-15(2)25-23(28)18(5)26(13-19-8-6-7-16(3)11-19)22(27)14-29-20-9-10-21(24)17(4)12-20/h6-12,15,18H,13-14H2,1-5H3,(H,25,28). The Morgan fingerprint density at radius 3 is 2.45 bits per heavy atom. The molecule has 156 valence electrons. The molecule has 0 saturated carbocycles. The third-order valence-electron chi connectivity index (χ3n) is 4.53. The Labute approximate surface area is 178 Å². The monoisotopic (exact) mass is 416 g/mol. The summed E-state index contributed by atoms with van der Waals surface area (Å²) in [6.45, 7) is 9.56. The van der Waals surface area contributed by atoms with Crippen LogP contribution in [0.1, 0.15) is 37.5 Å². The van der Waals surface area contributed by atoms with E-state index in [4.69, 9.17) is 16.3 Å². The van der Waals surface area contributed by atoms with E-state index in [2.05, 4.69) is 5.32 Å². The molecular weight excluding hydrogens is 388 g/mol. The summed E-state index contributed by atoms with van der Waals surface area (Å²) in [6.07, 6.45) is 0. The van der Waals surface area contributed by atoms with Crippen molar-refractivity contribution in [3.8, 4) is 5.75 Å². The Kier molecular flexibility index (Phi) is 8.09. The van der Waals surface area contributed by atoms with Crippen LogP contribution in [0.25, 0.3) is 0 Å². The van der Waals surface area contributed by atoms with Gasteiger partial charge in [-0.05, 0) is 63.9 Å². The number of hydrogen-bond acceptors (Lipinski definition) is 3. The van der Waals surface area contributed by atoms with Gasteiger partial charge < -0.3 is 15.0 Å². The lowest BCUT2D eigenvalue weighted by molar-refractivity contribution is -0.142. The van der Waals surface area contributed by atoms with Gasteiger partial charge in [0.2, 0.25) is 5.91 Å². The van der Waals surface area contributed by atoms with Gasteiger partial charge in [0.15, 0.2) is 6.61 Å². The fourth-order valence-electron chi connectivity index (χ4n) is 2.93. The van der Waals surface area contributed by atoms with E-state index >= 15 is 0 Å². The Hall–Kier alpha value is -2.53. The Morgan fingerprint density at radius 1 is 1.10 bits per heavy atom.